The Morgan fingerprint density at radius 2 is 1.81 bits per heavy atom. The third-order valence-electron chi connectivity index (χ3n) is 6.40. The molecule has 192 valence electrons. The van der Waals surface area contributed by atoms with Gasteiger partial charge in [-0.15, -0.1) is 0 Å². The third-order valence-corrected chi connectivity index (χ3v) is 7.78. The van der Waals surface area contributed by atoms with E-state index in [2.05, 4.69) is 0 Å². The SMILES string of the molecule is COCCCN1C(=O)C(=Cc2c(N3CCN(c4ccccc4F)CC3)nc3ccccn3c2=O)SC1=S. The first-order chi connectivity index (χ1) is 18.0. The average Bonchev–Trinajstić information content (AvgIpc) is 3.18. The average molecular weight is 540 g/mol. The maximum absolute atomic E-state index is 14.3. The molecule has 1 amide bonds. The van der Waals surface area contributed by atoms with Crippen molar-refractivity contribution in [3.63, 3.8) is 0 Å². The van der Waals surface area contributed by atoms with Crippen LogP contribution in [0.1, 0.15) is 12.0 Å². The number of thioether (sulfide) groups is 1. The van der Waals surface area contributed by atoms with Gasteiger partial charge in [0.25, 0.3) is 11.5 Å². The minimum atomic E-state index is -0.262. The van der Waals surface area contributed by atoms with E-state index in [4.69, 9.17) is 21.9 Å². The second-order valence-corrected chi connectivity index (χ2v) is 10.4. The van der Waals surface area contributed by atoms with E-state index in [0.29, 0.717) is 77.7 Å². The number of aromatic nitrogens is 2. The highest BCUT2D eigenvalue weighted by molar-refractivity contribution is 8.26. The molecule has 37 heavy (non-hydrogen) atoms. The van der Waals surface area contributed by atoms with Gasteiger partial charge in [-0.25, -0.2) is 9.37 Å². The van der Waals surface area contributed by atoms with Gasteiger partial charge < -0.3 is 14.5 Å². The largest absolute Gasteiger partial charge is 0.385 e. The summed E-state index contributed by atoms with van der Waals surface area (Å²) in [5.74, 6) is 0.0271. The van der Waals surface area contributed by atoms with Gasteiger partial charge in [-0.1, -0.05) is 42.2 Å². The number of piperazine rings is 1. The zero-order valence-electron chi connectivity index (χ0n) is 20.3. The summed E-state index contributed by atoms with van der Waals surface area (Å²) in [5, 5.41) is 0. The van der Waals surface area contributed by atoms with Gasteiger partial charge in [0, 0.05) is 52.6 Å². The van der Waals surface area contributed by atoms with Crippen LogP contribution in [0.15, 0.2) is 58.4 Å². The fourth-order valence-corrected chi connectivity index (χ4v) is 5.81. The van der Waals surface area contributed by atoms with Crippen LogP contribution in [0.5, 0.6) is 0 Å². The molecule has 0 unspecified atom stereocenters. The summed E-state index contributed by atoms with van der Waals surface area (Å²) in [4.78, 5) is 37.5. The zero-order chi connectivity index (χ0) is 25.9. The number of amides is 1. The van der Waals surface area contributed by atoms with Gasteiger partial charge in [0.1, 0.15) is 21.6 Å². The molecule has 2 fully saturated rings. The van der Waals surface area contributed by atoms with Crippen molar-refractivity contribution in [2.45, 2.75) is 6.42 Å². The molecule has 0 radical (unpaired) electrons. The van der Waals surface area contributed by atoms with Crippen molar-refractivity contribution in [2.75, 3.05) is 56.2 Å². The molecule has 2 saturated heterocycles. The molecule has 2 aliphatic heterocycles. The summed E-state index contributed by atoms with van der Waals surface area (Å²) in [6.07, 6.45) is 3.94. The van der Waals surface area contributed by atoms with Crippen molar-refractivity contribution in [1.29, 1.82) is 0 Å². The standard InChI is InChI=1S/C26H26FN5O3S2/c1-35-16-6-11-32-25(34)21(37-26(32)36)17-18-23(28-22-9-4-5-10-31(22)24(18)33)30-14-12-29(13-15-30)20-8-3-2-7-19(20)27/h2-5,7-10,17H,6,11-16H2,1H3. The van der Waals surface area contributed by atoms with Crippen LogP contribution in [0.25, 0.3) is 11.7 Å². The summed E-state index contributed by atoms with van der Waals surface area (Å²) in [6, 6.07) is 12.1. The van der Waals surface area contributed by atoms with Crippen molar-refractivity contribution >= 4 is 57.4 Å². The lowest BCUT2D eigenvalue weighted by Crippen LogP contribution is -2.47. The number of nitrogens with zero attached hydrogens (tertiary/aromatic N) is 5. The number of carbonyl (C=O) groups excluding carboxylic acids is 1. The number of hydrogen-bond acceptors (Lipinski definition) is 8. The number of halogens is 1. The minimum absolute atomic E-state index is 0.223. The Morgan fingerprint density at radius 1 is 1.08 bits per heavy atom. The fraction of sp³-hybridized carbons (Fsp3) is 0.308. The maximum atomic E-state index is 14.3. The lowest BCUT2D eigenvalue weighted by molar-refractivity contribution is -0.122. The lowest BCUT2D eigenvalue weighted by Gasteiger charge is -2.37. The first kappa shape index (κ1) is 25.4. The third kappa shape index (κ3) is 5.11. The van der Waals surface area contributed by atoms with E-state index in [1.807, 2.05) is 21.9 Å². The molecule has 0 N–H and O–H groups in total. The molecule has 4 heterocycles. The number of carbonyl (C=O) groups is 1. The molecular weight excluding hydrogens is 513 g/mol. The number of benzene rings is 1. The lowest BCUT2D eigenvalue weighted by atomic mass is 10.2. The normalized spacial score (nSPS) is 17.5. The number of hydrogen-bond donors (Lipinski definition) is 0. The Kier molecular flexibility index (Phi) is 7.54. The Bertz CT molecular complexity index is 1440. The number of thiocarbonyl (C=S) groups is 1. The van der Waals surface area contributed by atoms with Crippen molar-refractivity contribution in [3.05, 3.63) is 75.3 Å². The van der Waals surface area contributed by atoms with Crippen LogP contribution < -0.4 is 15.4 Å². The number of fused-ring (bicyclic) bond motifs is 1. The van der Waals surface area contributed by atoms with E-state index in [0.717, 1.165) is 0 Å². The molecule has 8 nitrogen and oxygen atoms in total. The summed E-state index contributed by atoms with van der Waals surface area (Å²) >= 11 is 6.63. The zero-order valence-corrected chi connectivity index (χ0v) is 21.9. The van der Waals surface area contributed by atoms with E-state index in [1.165, 1.54) is 22.2 Å². The highest BCUT2D eigenvalue weighted by Crippen LogP contribution is 2.34. The predicted octanol–water partition coefficient (Wildman–Crippen LogP) is 3.40. The van der Waals surface area contributed by atoms with Crippen molar-refractivity contribution in [1.82, 2.24) is 14.3 Å². The van der Waals surface area contributed by atoms with Gasteiger partial charge in [-0.2, -0.15) is 0 Å². The fourth-order valence-electron chi connectivity index (χ4n) is 4.52. The van der Waals surface area contributed by atoms with Gasteiger partial charge >= 0.3 is 0 Å². The first-order valence-corrected chi connectivity index (χ1v) is 13.2. The van der Waals surface area contributed by atoms with Crippen LogP contribution in [-0.2, 0) is 9.53 Å². The van der Waals surface area contributed by atoms with Crippen molar-refractivity contribution in [3.8, 4) is 0 Å². The van der Waals surface area contributed by atoms with Gasteiger partial charge in [-0.05, 0) is 36.8 Å². The second-order valence-electron chi connectivity index (χ2n) is 8.69. The number of pyridine rings is 1. The van der Waals surface area contributed by atoms with E-state index < -0.39 is 0 Å². The molecule has 1 aromatic carbocycles. The predicted molar refractivity (Wildman–Crippen MR) is 149 cm³/mol. The van der Waals surface area contributed by atoms with E-state index in [1.54, 1.807) is 48.5 Å². The topological polar surface area (TPSA) is 70.4 Å². The van der Waals surface area contributed by atoms with E-state index in [9.17, 15) is 14.0 Å². The highest BCUT2D eigenvalue weighted by atomic mass is 32.2. The van der Waals surface area contributed by atoms with Gasteiger partial charge in [0.15, 0.2) is 0 Å². The molecule has 11 heteroatoms. The molecule has 2 aromatic heterocycles. The first-order valence-electron chi connectivity index (χ1n) is 12.0. The summed E-state index contributed by atoms with van der Waals surface area (Å²) in [5.41, 5.74) is 1.15. The quantitative estimate of drug-likeness (QED) is 0.257. The second kappa shape index (κ2) is 11.0. The van der Waals surface area contributed by atoms with Gasteiger partial charge in [-0.3, -0.25) is 18.9 Å². The Labute approximate surface area is 223 Å². The number of para-hydroxylation sites is 1. The number of methoxy groups -OCH3 is 1. The van der Waals surface area contributed by atoms with Crippen LogP contribution in [0.2, 0.25) is 0 Å². The van der Waals surface area contributed by atoms with Crippen molar-refractivity contribution in [2.24, 2.45) is 0 Å². The Hall–Kier alpha value is -3.28. The van der Waals surface area contributed by atoms with Gasteiger partial charge in [0.05, 0.1) is 16.2 Å². The molecule has 0 bridgehead atoms. The molecular formula is C26H26FN5O3S2. The highest BCUT2D eigenvalue weighted by Gasteiger charge is 2.33. The molecule has 0 spiro atoms. The molecule has 3 aromatic rings. The minimum Gasteiger partial charge on any atom is -0.385 e. The maximum Gasteiger partial charge on any atom is 0.267 e. The molecule has 2 aliphatic rings. The van der Waals surface area contributed by atoms with Crippen LogP contribution >= 0.6 is 24.0 Å². The number of rotatable bonds is 7. The molecule has 0 aliphatic carbocycles. The molecule has 0 atom stereocenters. The van der Waals surface area contributed by atoms with Crippen molar-refractivity contribution < 1.29 is 13.9 Å². The Morgan fingerprint density at radius 3 is 2.57 bits per heavy atom. The van der Waals surface area contributed by atoms with Crippen LogP contribution in [0.4, 0.5) is 15.9 Å². The van der Waals surface area contributed by atoms with Crippen LogP contribution in [-0.4, -0.2) is 71.0 Å². The summed E-state index contributed by atoms with van der Waals surface area (Å²) < 4.78 is 21.4. The van der Waals surface area contributed by atoms with E-state index in [-0.39, 0.29) is 17.3 Å². The molecule has 0 saturated carbocycles. The van der Waals surface area contributed by atoms with Crippen LogP contribution in [0, 0.1) is 5.82 Å². The Balaban J connectivity index is 1.48. The summed E-state index contributed by atoms with van der Waals surface area (Å²) in [7, 11) is 1.61. The van der Waals surface area contributed by atoms with Crippen LogP contribution in [0.3, 0.4) is 0 Å². The number of anilines is 2. The van der Waals surface area contributed by atoms with E-state index >= 15 is 0 Å². The molecule has 5 rings (SSSR count). The van der Waals surface area contributed by atoms with Gasteiger partial charge in [0.2, 0.25) is 0 Å². The summed E-state index contributed by atoms with van der Waals surface area (Å²) in [6.45, 7) is 3.20. The monoisotopic (exact) mass is 539 g/mol. The number of ether oxygens (including phenoxy) is 1. The smallest absolute Gasteiger partial charge is 0.267 e.